The van der Waals surface area contributed by atoms with Crippen LogP contribution in [0.3, 0.4) is 0 Å². The van der Waals surface area contributed by atoms with Crippen molar-refractivity contribution in [2.75, 3.05) is 6.61 Å². The Morgan fingerprint density at radius 3 is 2.71 bits per heavy atom. The smallest absolute Gasteiger partial charge is 0.0999 e. The molecule has 1 nitrogen and oxygen atoms in total. The molecule has 2 heteroatoms. The normalized spacial score (nSPS) is 32.6. The summed E-state index contributed by atoms with van der Waals surface area (Å²) in [7, 11) is 0. The number of ether oxygens (including phenoxy) is 1. The minimum atomic E-state index is -0.688. The molecule has 1 aliphatic heterocycles. The Labute approximate surface area is 42.5 Å². The van der Waals surface area contributed by atoms with E-state index in [0.29, 0.717) is 6.42 Å². The quantitative estimate of drug-likeness (QED) is 0.478. The summed E-state index contributed by atoms with van der Waals surface area (Å²) in [5.41, 5.74) is 0. The first-order valence-electron chi connectivity index (χ1n) is 2.54. The number of alkyl halides is 1. The Bertz CT molecular complexity index is 59.1. The number of hydrogen-bond donors (Lipinski definition) is 0. The molecule has 1 saturated heterocycles. The summed E-state index contributed by atoms with van der Waals surface area (Å²) >= 11 is 0. The van der Waals surface area contributed by atoms with Crippen LogP contribution >= 0.6 is 0 Å². The van der Waals surface area contributed by atoms with Crippen molar-refractivity contribution in [3.05, 3.63) is 0 Å². The number of halogens is 1. The van der Waals surface area contributed by atoms with E-state index in [0.717, 1.165) is 6.61 Å². The third kappa shape index (κ3) is 1.88. The van der Waals surface area contributed by atoms with E-state index in [1.807, 2.05) is 0 Å². The van der Waals surface area contributed by atoms with Gasteiger partial charge in [0, 0.05) is 6.42 Å². The van der Waals surface area contributed by atoms with Crippen molar-refractivity contribution in [1.82, 2.24) is 0 Å². The lowest BCUT2D eigenvalue weighted by molar-refractivity contribution is 0.294. The van der Waals surface area contributed by atoms with Crippen LogP contribution in [0.15, 0.2) is 0 Å². The molecule has 0 aliphatic carbocycles. The van der Waals surface area contributed by atoms with Crippen LogP contribution in [-0.2, 0) is 4.74 Å². The number of hydrogen-bond acceptors (Lipinski definition) is 1. The molecule has 2 atom stereocenters. The Balaban J connectivity index is 1.97. The van der Waals surface area contributed by atoms with E-state index >= 15 is 0 Å². The average Bonchev–Trinajstić information content (AvgIpc) is 2.17. The summed E-state index contributed by atoms with van der Waals surface area (Å²) in [5.74, 6) is 0. The first-order chi connectivity index (χ1) is 3.29. The van der Waals surface area contributed by atoms with E-state index in [2.05, 4.69) is 0 Å². The molecule has 1 aliphatic rings. The van der Waals surface area contributed by atoms with Crippen LogP contribution < -0.4 is 0 Å². The average molecular weight is 104 g/mol. The van der Waals surface area contributed by atoms with Crippen LogP contribution in [0.25, 0.3) is 0 Å². The highest BCUT2D eigenvalue weighted by atomic mass is 19.1. The van der Waals surface area contributed by atoms with E-state index in [1.165, 1.54) is 0 Å². The summed E-state index contributed by atoms with van der Waals surface area (Å²) in [6.07, 6.45) is 0.146. The van der Waals surface area contributed by atoms with Crippen LogP contribution in [-0.4, -0.2) is 18.9 Å². The van der Waals surface area contributed by atoms with Crippen molar-refractivity contribution in [3.8, 4) is 0 Å². The molecule has 1 rings (SSSR count). The lowest BCUT2D eigenvalue weighted by Crippen LogP contribution is -1.96. The van der Waals surface area contributed by atoms with Crippen molar-refractivity contribution in [1.29, 1.82) is 0 Å². The van der Waals surface area contributed by atoms with Gasteiger partial charge in [0.2, 0.25) is 0 Å². The molecule has 0 aromatic heterocycles. The van der Waals surface area contributed by atoms with E-state index in [9.17, 15) is 4.39 Å². The van der Waals surface area contributed by atoms with Crippen LogP contribution in [0.2, 0.25) is 0 Å². The molecule has 1 fully saturated rings. The predicted octanol–water partition coefficient (Wildman–Crippen LogP) is 1.13. The number of rotatable bonds is 2. The summed E-state index contributed by atoms with van der Waals surface area (Å²) in [6.45, 7) is 2.33. The molecule has 0 saturated carbocycles. The minimum Gasteiger partial charge on any atom is -0.373 e. The lowest BCUT2D eigenvalue weighted by atomic mass is 10.2. The van der Waals surface area contributed by atoms with Gasteiger partial charge in [0.1, 0.15) is 0 Å². The second-order valence-corrected chi connectivity index (χ2v) is 1.97. The van der Waals surface area contributed by atoms with Gasteiger partial charge in [-0.1, -0.05) is 0 Å². The van der Waals surface area contributed by atoms with Gasteiger partial charge in [-0.05, 0) is 6.92 Å². The largest absolute Gasteiger partial charge is 0.373 e. The summed E-state index contributed by atoms with van der Waals surface area (Å²) in [5, 5.41) is 0. The van der Waals surface area contributed by atoms with Gasteiger partial charge >= 0.3 is 0 Å². The highest BCUT2D eigenvalue weighted by molar-refractivity contribution is 4.70. The Hall–Kier alpha value is -0.110. The van der Waals surface area contributed by atoms with Crippen LogP contribution in [0.4, 0.5) is 4.39 Å². The molecular formula is C5H9FO. The Morgan fingerprint density at radius 1 is 2.00 bits per heavy atom. The topological polar surface area (TPSA) is 12.5 Å². The molecule has 42 valence electrons. The molecular weight excluding hydrogens is 95.1 g/mol. The summed E-state index contributed by atoms with van der Waals surface area (Å²) < 4.78 is 16.7. The molecule has 0 aromatic rings. The van der Waals surface area contributed by atoms with Gasteiger partial charge in [-0.3, -0.25) is 0 Å². The predicted molar refractivity (Wildman–Crippen MR) is 24.9 cm³/mol. The van der Waals surface area contributed by atoms with Crippen molar-refractivity contribution in [2.24, 2.45) is 0 Å². The molecule has 2 unspecified atom stereocenters. The minimum absolute atomic E-state index is 0.250. The van der Waals surface area contributed by atoms with Crippen LogP contribution in [0, 0.1) is 0 Å². The van der Waals surface area contributed by atoms with Crippen molar-refractivity contribution in [3.63, 3.8) is 0 Å². The molecule has 0 spiro atoms. The molecule has 0 N–H and O–H groups in total. The fourth-order valence-corrected chi connectivity index (χ4v) is 0.566. The number of epoxide rings is 1. The molecule has 0 bridgehead atoms. The first kappa shape index (κ1) is 5.04. The fourth-order valence-electron chi connectivity index (χ4n) is 0.566. The van der Waals surface area contributed by atoms with Gasteiger partial charge in [-0.2, -0.15) is 0 Å². The van der Waals surface area contributed by atoms with Crippen LogP contribution in [0.5, 0.6) is 0 Å². The second-order valence-electron chi connectivity index (χ2n) is 1.97. The SMILES string of the molecule is CC(F)CC1CO1. The van der Waals surface area contributed by atoms with Crippen molar-refractivity contribution in [2.45, 2.75) is 25.6 Å². The lowest BCUT2D eigenvalue weighted by Gasteiger charge is -1.92. The zero-order valence-electron chi connectivity index (χ0n) is 4.36. The van der Waals surface area contributed by atoms with E-state index < -0.39 is 6.17 Å². The van der Waals surface area contributed by atoms with Gasteiger partial charge in [0.25, 0.3) is 0 Å². The maximum absolute atomic E-state index is 11.9. The molecule has 1 heterocycles. The first-order valence-corrected chi connectivity index (χ1v) is 2.54. The Morgan fingerprint density at radius 2 is 2.57 bits per heavy atom. The van der Waals surface area contributed by atoms with E-state index in [1.54, 1.807) is 6.92 Å². The van der Waals surface area contributed by atoms with Gasteiger partial charge in [-0.25, -0.2) is 4.39 Å². The van der Waals surface area contributed by atoms with Gasteiger partial charge < -0.3 is 4.74 Å². The van der Waals surface area contributed by atoms with E-state index in [-0.39, 0.29) is 6.10 Å². The van der Waals surface area contributed by atoms with E-state index in [4.69, 9.17) is 4.74 Å². The van der Waals surface area contributed by atoms with Gasteiger partial charge in [-0.15, -0.1) is 0 Å². The molecule has 0 amide bonds. The van der Waals surface area contributed by atoms with Gasteiger partial charge in [0.15, 0.2) is 0 Å². The summed E-state index contributed by atoms with van der Waals surface area (Å²) in [6, 6.07) is 0. The molecule has 0 radical (unpaired) electrons. The fraction of sp³-hybridized carbons (Fsp3) is 1.00. The maximum Gasteiger partial charge on any atom is 0.0999 e. The van der Waals surface area contributed by atoms with Crippen LogP contribution in [0.1, 0.15) is 13.3 Å². The molecule has 0 aromatic carbocycles. The van der Waals surface area contributed by atoms with Crippen molar-refractivity contribution >= 4 is 0 Å². The van der Waals surface area contributed by atoms with Crippen molar-refractivity contribution < 1.29 is 9.13 Å². The highest BCUT2D eigenvalue weighted by Crippen LogP contribution is 2.16. The maximum atomic E-state index is 11.9. The second kappa shape index (κ2) is 1.78. The highest BCUT2D eigenvalue weighted by Gasteiger charge is 2.24. The zero-order valence-corrected chi connectivity index (χ0v) is 4.36. The monoisotopic (exact) mass is 104 g/mol. The summed E-state index contributed by atoms with van der Waals surface area (Å²) in [4.78, 5) is 0. The third-order valence-corrected chi connectivity index (χ3v) is 0.990. The molecule has 7 heavy (non-hydrogen) atoms. The third-order valence-electron chi connectivity index (χ3n) is 0.990. The van der Waals surface area contributed by atoms with Gasteiger partial charge in [0.05, 0.1) is 18.9 Å². The standard InChI is InChI=1S/C5H9FO/c1-4(6)2-5-3-7-5/h4-5H,2-3H2,1H3. The Kier molecular flexibility index (Phi) is 1.28. The zero-order chi connectivity index (χ0) is 5.28.